The molecule has 80 heavy (non-hydrogen) atoms. The number of hydrogen-bond acceptors (Lipinski definition) is 8. The van der Waals surface area contributed by atoms with Gasteiger partial charge in [0.05, 0.1) is 26.7 Å². The summed E-state index contributed by atoms with van der Waals surface area (Å²) in [6, 6.07) is 39.5. The second kappa shape index (κ2) is 39.2. The highest BCUT2D eigenvalue weighted by Gasteiger charge is 2.34. The Bertz CT molecular complexity index is 2350. The zero-order valence-corrected chi connectivity index (χ0v) is 54.8. The number of fused-ring (bicyclic) bond motifs is 1. The summed E-state index contributed by atoms with van der Waals surface area (Å²) in [7, 11) is 0. The number of rotatable bonds is 42. The number of nitrogens with zero attached hydrogens (tertiary/aromatic N) is 2. The first-order valence-electron chi connectivity index (χ1n) is 32.3. The molecule has 5 aromatic rings. The average Bonchev–Trinajstić information content (AvgIpc) is 4.18. The van der Waals surface area contributed by atoms with Crippen molar-refractivity contribution in [3.05, 3.63) is 126 Å². The lowest BCUT2D eigenvalue weighted by Crippen LogP contribution is -2.05. The lowest BCUT2D eigenvalue weighted by Gasteiger charge is -2.18. The van der Waals surface area contributed by atoms with Gasteiger partial charge in [-0.2, -0.15) is 0 Å². The molecule has 0 aliphatic carbocycles. The van der Waals surface area contributed by atoms with Gasteiger partial charge >= 0.3 is 0 Å². The lowest BCUT2D eigenvalue weighted by molar-refractivity contribution is 0.436. The fourth-order valence-corrected chi connectivity index (χ4v) is 20.5. The molecule has 0 saturated heterocycles. The molecule has 434 valence electrons. The second-order valence-electron chi connectivity index (χ2n) is 23.0. The van der Waals surface area contributed by atoms with Crippen molar-refractivity contribution in [2.24, 2.45) is 11.8 Å². The van der Waals surface area contributed by atoms with Gasteiger partial charge in [-0.3, -0.25) is 0 Å². The third-order valence-corrected chi connectivity index (χ3v) is 25.4. The largest absolute Gasteiger partial charge is 0.149 e. The second-order valence-corrected chi connectivity index (χ2v) is 30.2. The van der Waals surface area contributed by atoms with Crippen LogP contribution in [0, 0.1) is 11.8 Å². The minimum Gasteiger partial charge on any atom is -0.149 e. The Balaban J connectivity index is 1.14. The van der Waals surface area contributed by atoms with E-state index in [-0.39, 0.29) is 0 Å². The molecule has 2 aliphatic heterocycles. The first-order valence-corrected chi connectivity index (χ1v) is 37.5. The molecule has 2 nitrogen and oxygen atoms in total. The van der Waals surface area contributed by atoms with Crippen molar-refractivity contribution in [1.82, 2.24) is 10.2 Å². The molecule has 0 saturated carbocycles. The summed E-state index contributed by atoms with van der Waals surface area (Å²) in [5.74, 6) is 4.08. The van der Waals surface area contributed by atoms with Crippen LogP contribution in [0.2, 0.25) is 0 Å². The maximum Gasteiger partial charge on any atom is 0.108 e. The van der Waals surface area contributed by atoms with Crippen LogP contribution in [0.3, 0.4) is 0 Å². The van der Waals surface area contributed by atoms with Crippen LogP contribution >= 0.6 is 70.6 Å². The molecule has 0 bridgehead atoms. The first-order chi connectivity index (χ1) is 39.6. The molecule has 1 aromatic heterocycles. The number of unbranched alkanes of at least 4 members (excludes halogenated alkanes) is 24. The van der Waals surface area contributed by atoms with Gasteiger partial charge in [0.25, 0.3) is 0 Å². The van der Waals surface area contributed by atoms with Gasteiger partial charge in [0.2, 0.25) is 0 Å². The Morgan fingerprint density at radius 3 is 0.875 bits per heavy atom. The van der Waals surface area contributed by atoms with E-state index in [4.69, 9.17) is 10.2 Å². The molecule has 0 spiro atoms. The molecule has 7 rings (SSSR count). The molecule has 0 radical (unpaired) electrons. The topological polar surface area (TPSA) is 25.8 Å². The predicted octanol–water partition coefficient (Wildman–Crippen LogP) is 26.3. The van der Waals surface area contributed by atoms with Crippen molar-refractivity contribution in [3.63, 3.8) is 0 Å². The van der Waals surface area contributed by atoms with Crippen LogP contribution in [-0.4, -0.2) is 21.7 Å². The number of hydrogen-bond donors (Lipinski definition) is 0. The first kappa shape index (κ1) is 65.1. The summed E-state index contributed by atoms with van der Waals surface area (Å²) < 4.78 is 6.02. The van der Waals surface area contributed by atoms with Crippen LogP contribution in [0.4, 0.5) is 0 Å². The lowest BCUT2D eigenvalue weighted by atomic mass is 9.95. The Hall–Kier alpha value is -2.46. The predicted molar refractivity (Wildman–Crippen MR) is 367 cm³/mol. The van der Waals surface area contributed by atoms with Gasteiger partial charge in [0, 0.05) is 22.6 Å². The van der Waals surface area contributed by atoms with E-state index in [1.165, 1.54) is 257 Å². The van der Waals surface area contributed by atoms with Gasteiger partial charge < -0.3 is 0 Å². The molecule has 0 N–H and O–H groups in total. The third kappa shape index (κ3) is 22.5. The van der Waals surface area contributed by atoms with Crippen molar-refractivity contribution in [2.75, 3.05) is 11.5 Å². The van der Waals surface area contributed by atoms with E-state index in [1.807, 2.05) is 23.5 Å². The van der Waals surface area contributed by atoms with E-state index in [0.717, 1.165) is 34.4 Å². The van der Waals surface area contributed by atoms with Crippen molar-refractivity contribution in [2.45, 2.75) is 243 Å². The maximum atomic E-state index is 5.12. The highest BCUT2D eigenvalue weighted by Crippen LogP contribution is 2.66. The maximum absolute atomic E-state index is 5.12. The van der Waals surface area contributed by atoms with Crippen LogP contribution in [0.15, 0.2) is 136 Å². The summed E-state index contributed by atoms with van der Waals surface area (Å²) in [4.78, 5) is 2.49. The highest BCUT2D eigenvalue weighted by atomic mass is 32.3. The minimum absolute atomic E-state index is 0.790. The molecule has 2 atom stereocenters. The van der Waals surface area contributed by atoms with Crippen molar-refractivity contribution < 1.29 is 0 Å². The smallest absolute Gasteiger partial charge is 0.108 e. The Kier molecular flexibility index (Phi) is 31.9. The normalized spacial score (nSPS) is 14.2. The fraction of sp³-hybridized carbons (Fsp3) is 0.556. The van der Waals surface area contributed by atoms with Crippen molar-refractivity contribution in [3.8, 4) is 44.8 Å². The van der Waals surface area contributed by atoms with Gasteiger partial charge in [-0.05, 0) is 59.8 Å². The number of thioether (sulfide) groups is 6. The van der Waals surface area contributed by atoms with E-state index in [0.29, 0.717) is 0 Å². The SMILES string of the molecule is CCCCCCCCCCC(CCCCCCCC)CSC1=C(SCC(CCCCCCCC)CCCCCCCCCC)SC(=C2Sc3c(-c4ccc(-c5ccccc5)cc4)nnc(-c4ccc(-c5ccccc5)cc4)c3S2)S1. The van der Waals surface area contributed by atoms with E-state index < -0.39 is 0 Å². The van der Waals surface area contributed by atoms with Crippen LogP contribution in [0.25, 0.3) is 44.8 Å². The summed E-state index contributed by atoms with van der Waals surface area (Å²) >= 11 is 12.6. The molecule has 0 fully saturated rings. The highest BCUT2D eigenvalue weighted by molar-refractivity contribution is 8.42. The summed E-state index contributed by atoms with van der Waals surface area (Å²) in [6.45, 7) is 9.35. The van der Waals surface area contributed by atoms with Gasteiger partial charge in [0.15, 0.2) is 0 Å². The zero-order valence-electron chi connectivity index (χ0n) is 49.9. The summed E-state index contributed by atoms with van der Waals surface area (Å²) in [6.07, 6.45) is 44.6. The molecule has 2 aliphatic rings. The van der Waals surface area contributed by atoms with Crippen LogP contribution < -0.4 is 0 Å². The third-order valence-electron chi connectivity index (χ3n) is 16.3. The van der Waals surface area contributed by atoms with Gasteiger partial charge in [-0.25, -0.2) is 0 Å². The molecular weight excluding hydrogens is 1090 g/mol. The fourth-order valence-electron chi connectivity index (χ4n) is 11.3. The van der Waals surface area contributed by atoms with Crippen molar-refractivity contribution >= 4 is 70.6 Å². The monoisotopic (exact) mass is 1180 g/mol. The Morgan fingerprint density at radius 1 is 0.300 bits per heavy atom. The molecule has 0 amide bonds. The number of benzene rings is 4. The van der Waals surface area contributed by atoms with Crippen molar-refractivity contribution in [1.29, 1.82) is 0 Å². The van der Waals surface area contributed by atoms with E-state index in [9.17, 15) is 0 Å². The van der Waals surface area contributed by atoms with Crippen LogP contribution in [-0.2, 0) is 0 Å². The van der Waals surface area contributed by atoms with Gasteiger partial charge in [-0.15, -0.1) is 33.7 Å². The summed E-state index contributed by atoms with van der Waals surface area (Å²) in [5.41, 5.74) is 9.12. The number of aromatic nitrogens is 2. The minimum atomic E-state index is 0.790. The van der Waals surface area contributed by atoms with Crippen LogP contribution in [0.1, 0.15) is 233 Å². The molecule has 3 heterocycles. The summed E-state index contributed by atoms with van der Waals surface area (Å²) in [5, 5.41) is 10.2. The molecule has 2 unspecified atom stereocenters. The van der Waals surface area contributed by atoms with Crippen LogP contribution in [0.5, 0.6) is 0 Å². The van der Waals surface area contributed by atoms with E-state index in [1.54, 1.807) is 8.47 Å². The Morgan fingerprint density at radius 2 is 0.562 bits per heavy atom. The molecule has 4 aromatic carbocycles. The average molecular weight is 1190 g/mol. The molecule has 8 heteroatoms. The van der Waals surface area contributed by atoms with Gasteiger partial charge in [-0.1, -0.05) is 364 Å². The standard InChI is InChI=1S/C72H100N2S6/c1-5-9-13-17-21-23-27-33-41-57(39-31-25-19-15-11-7-3)55-75-69-70(76-56-58(40-32-26-20-16-12-8-4)42-34-28-24-22-18-14-10-6-2)80-72(79-69)71-77-67-65(63-51-47-61(48-52-63)59-43-35-29-36-44-59)73-74-66(68(67)78-71)64-53-49-62(50-54-64)60-45-37-30-38-46-60/h29-30,35-38,43-54,57-58H,5-28,31-34,39-42,55-56H2,1-4H3. The zero-order chi connectivity index (χ0) is 55.7. The van der Waals surface area contributed by atoms with Gasteiger partial charge in [0.1, 0.15) is 11.4 Å². The quantitative estimate of drug-likeness (QED) is 0.0357. The van der Waals surface area contributed by atoms with E-state index in [2.05, 4.69) is 184 Å². The molecular formula is C72H100N2S6. The Labute approximate surface area is 513 Å². The van der Waals surface area contributed by atoms with E-state index >= 15 is 0 Å².